The van der Waals surface area contributed by atoms with Gasteiger partial charge in [-0.15, -0.1) is 0 Å². The number of benzene rings is 4. The molecule has 4 rings (SSSR count). The van der Waals surface area contributed by atoms with Gasteiger partial charge in [0.15, 0.2) is 0 Å². The number of ether oxygens (including phenoxy) is 3. The number of nitrogens with zero attached hydrogens (tertiary/aromatic N) is 2. The predicted molar refractivity (Wildman–Crippen MR) is 177 cm³/mol. The second-order valence-corrected chi connectivity index (χ2v) is 14.0. The van der Waals surface area contributed by atoms with Gasteiger partial charge in [0, 0.05) is 6.07 Å². The van der Waals surface area contributed by atoms with E-state index in [1.807, 2.05) is 30.3 Å². The minimum Gasteiger partial charge on any atom is -0.497 e. The van der Waals surface area contributed by atoms with Crippen LogP contribution in [-0.2, 0) is 36.1 Å². The summed E-state index contributed by atoms with van der Waals surface area (Å²) in [5, 5.41) is 19.4. The van der Waals surface area contributed by atoms with Crippen molar-refractivity contribution in [2.75, 3.05) is 42.5 Å². The monoisotopic (exact) mass is 698 g/mol. The molecule has 0 saturated carbocycles. The van der Waals surface area contributed by atoms with Gasteiger partial charge in [0.2, 0.25) is 0 Å². The zero-order valence-electron chi connectivity index (χ0n) is 26.1. The van der Waals surface area contributed by atoms with Crippen LogP contribution < -0.4 is 22.8 Å². The van der Waals surface area contributed by atoms with Gasteiger partial charge in [-0.05, 0) is 79.1 Å². The average molecular weight is 699 g/mol. The Morgan fingerprint density at radius 1 is 0.667 bits per heavy atom. The molecule has 4 aromatic rings. The standard InChI is InChI=1S/C33H34N2O11S2/c1-44-26-11-15-28(16-12-26)47(40,41)34(22-32(36)37)25-10-19-30(31(21-25)46-20-6-9-24-7-4-3-5-8-24)35(23-33(38)39)48(42,43)29-17-13-27(45-2)14-18-29/h3-5,7-8,10-19,21H,6,9,20,22-23H2,1-2H3,(H,36,37)(H,38,39). The van der Waals surface area contributed by atoms with Crippen molar-refractivity contribution in [3.8, 4) is 17.2 Å². The number of aryl methyl sites for hydroxylation is 1. The minimum atomic E-state index is -4.52. The number of rotatable bonds is 17. The summed E-state index contributed by atoms with van der Waals surface area (Å²) >= 11 is 0. The summed E-state index contributed by atoms with van der Waals surface area (Å²) in [6, 6.07) is 23.7. The molecule has 48 heavy (non-hydrogen) atoms. The van der Waals surface area contributed by atoms with Crippen LogP contribution in [0.25, 0.3) is 0 Å². The first-order valence-electron chi connectivity index (χ1n) is 14.4. The van der Waals surface area contributed by atoms with E-state index in [0.29, 0.717) is 33.0 Å². The van der Waals surface area contributed by atoms with Crippen molar-refractivity contribution in [2.45, 2.75) is 22.6 Å². The quantitative estimate of drug-likeness (QED) is 0.151. The molecule has 0 atom stereocenters. The second-order valence-electron chi connectivity index (χ2n) is 10.3. The van der Waals surface area contributed by atoms with Gasteiger partial charge in [-0.1, -0.05) is 30.3 Å². The zero-order chi connectivity index (χ0) is 34.9. The van der Waals surface area contributed by atoms with Crippen LogP contribution in [0.15, 0.2) is 107 Å². The molecule has 0 aromatic heterocycles. The first-order valence-corrected chi connectivity index (χ1v) is 17.3. The van der Waals surface area contributed by atoms with E-state index < -0.39 is 45.1 Å². The molecule has 0 radical (unpaired) electrons. The smallest absolute Gasteiger partial charge is 0.324 e. The van der Waals surface area contributed by atoms with Gasteiger partial charge in [0.25, 0.3) is 20.0 Å². The first kappa shape index (κ1) is 35.6. The minimum absolute atomic E-state index is 0.0268. The van der Waals surface area contributed by atoms with Crippen molar-refractivity contribution in [2.24, 2.45) is 0 Å². The molecule has 254 valence electrons. The van der Waals surface area contributed by atoms with Gasteiger partial charge >= 0.3 is 11.9 Å². The molecule has 0 amide bonds. The van der Waals surface area contributed by atoms with Gasteiger partial charge in [-0.25, -0.2) is 16.8 Å². The molecular weight excluding hydrogens is 664 g/mol. The summed E-state index contributed by atoms with van der Waals surface area (Å²) in [5.74, 6) is -2.36. The van der Waals surface area contributed by atoms with Crippen LogP contribution in [0.2, 0.25) is 0 Å². The third kappa shape index (κ3) is 8.54. The van der Waals surface area contributed by atoms with E-state index in [4.69, 9.17) is 14.2 Å². The molecule has 0 aliphatic heterocycles. The lowest BCUT2D eigenvalue weighted by molar-refractivity contribution is -0.136. The Morgan fingerprint density at radius 3 is 1.67 bits per heavy atom. The molecule has 15 heteroatoms. The molecule has 0 unspecified atom stereocenters. The SMILES string of the molecule is COc1ccc(S(=O)(=O)N(CC(=O)O)c2ccc(N(CC(=O)O)S(=O)(=O)c3ccc(OC)cc3)c(OCCCc3ccccc3)c2)cc1. The Labute approximate surface area is 278 Å². The number of anilines is 2. The summed E-state index contributed by atoms with van der Waals surface area (Å²) in [5.41, 5.74) is 0.656. The highest BCUT2D eigenvalue weighted by molar-refractivity contribution is 7.93. The number of carbonyl (C=O) groups is 2. The number of hydrogen-bond acceptors (Lipinski definition) is 9. The van der Waals surface area contributed by atoms with E-state index in [1.54, 1.807) is 0 Å². The van der Waals surface area contributed by atoms with Crippen molar-refractivity contribution in [1.82, 2.24) is 0 Å². The Hall–Kier alpha value is -5.28. The van der Waals surface area contributed by atoms with E-state index >= 15 is 0 Å². The molecule has 0 heterocycles. The second kappa shape index (κ2) is 15.5. The van der Waals surface area contributed by atoms with Crippen LogP contribution in [0.5, 0.6) is 17.2 Å². The maximum absolute atomic E-state index is 13.9. The Balaban J connectivity index is 1.82. The normalized spacial score (nSPS) is 11.4. The lowest BCUT2D eigenvalue weighted by atomic mass is 10.1. The van der Waals surface area contributed by atoms with E-state index in [-0.39, 0.29) is 33.5 Å². The van der Waals surface area contributed by atoms with Crippen molar-refractivity contribution in [3.63, 3.8) is 0 Å². The molecule has 2 N–H and O–H groups in total. The highest BCUT2D eigenvalue weighted by Crippen LogP contribution is 2.38. The third-order valence-electron chi connectivity index (χ3n) is 7.06. The number of carboxylic acid groups (broad SMARTS) is 2. The fourth-order valence-corrected chi connectivity index (χ4v) is 7.52. The number of carboxylic acids is 2. The van der Waals surface area contributed by atoms with Crippen LogP contribution >= 0.6 is 0 Å². The Kier molecular flexibility index (Phi) is 11.5. The number of methoxy groups -OCH3 is 2. The highest BCUT2D eigenvalue weighted by Gasteiger charge is 2.32. The van der Waals surface area contributed by atoms with Crippen molar-refractivity contribution >= 4 is 43.4 Å². The number of sulfonamides is 2. The van der Waals surface area contributed by atoms with Gasteiger partial charge in [-0.3, -0.25) is 18.2 Å². The van der Waals surface area contributed by atoms with Crippen LogP contribution in [-0.4, -0.2) is 72.9 Å². The van der Waals surface area contributed by atoms with Crippen LogP contribution in [0, 0.1) is 0 Å². The summed E-state index contributed by atoms with van der Waals surface area (Å²) in [7, 11) is -6.18. The van der Waals surface area contributed by atoms with E-state index in [0.717, 1.165) is 5.56 Å². The number of aliphatic carboxylic acids is 2. The zero-order valence-corrected chi connectivity index (χ0v) is 27.7. The molecular formula is C33H34N2O11S2. The van der Waals surface area contributed by atoms with E-state index in [2.05, 4.69) is 0 Å². The van der Waals surface area contributed by atoms with Crippen LogP contribution in [0.3, 0.4) is 0 Å². The highest BCUT2D eigenvalue weighted by atomic mass is 32.2. The topological polar surface area (TPSA) is 177 Å². The molecule has 0 aliphatic rings. The maximum Gasteiger partial charge on any atom is 0.324 e. The fourth-order valence-electron chi connectivity index (χ4n) is 4.69. The Morgan fingerprint density at radius 2 is 1.17 bits per heavy atom. The molecule has 13 nitrogen and oxygen atoms in total. The summed E-state index contributed by atoms with van der Waals surface area (Å²) in [6.07, 6.45) is 1.05. The van der Waals surface area contributed by atoms with Gasteiger partial charge in [0.1, 0.15) is 30.3 Å². The summed E-state index contributed by atoms with van der Waals surface area (Å²) < 4.78 is 72.7. The van der Waals surface area contributed by atoms with Crippen molar-refractivity contribution in [3.05, 3.63) is 103 Å². The number of hydrogen-bond donors (Lipinski definition) is 2. The van der Waals surface area contributed by atoms with Gasteiger partial charge < -0.3 is 24.4 Å². The first-order chi connectivity index (χ1) is 22.9. The van der Waals surface area contributed by atoms with Crippen LogP contribution in [0.4, 0.5) is 11.4 Å². The van der Waals surface area contributed by atoms with Crippen molar-refractivity contribution < 1.29 is 50.8 Å². The summed E-state index contributed by atoms with van der Waals surface area (Å²) in [4.78, 5) is 23.4. The average Bonchev–Trinajstić information content (AvgIpc) is 3.08. The fraction of sp³-hybridized carbons (Fsp3) is 0.212. The van der Waals surface area contributed by atoms with Crippen molar-refractivity contribution in [1.29, 1.82) is 0 Å². The van der Waals surface area contributed by atoms with Gasteiger partial charge in [0.05, 0.1) is 42.0 Å². The molecule has 0 saturated heterocycles. The summed E-state index contributed by atoms with van der Waals surface area (Å²) in [6.45, 7) is -1.96. The lowest BCUT2D eigenvalue weighted by Gasteiger charge is -2.28. The Bertz CT molecular complexity index is 1930. The molecule has 0 spiro atoms. The molecule has 0 bridgehead atoms. The molecule has 4 aromatic carbocycles. The third-order valence-corrected chi connectivity index (χ3v) is 10.6. The largest absolute Gasteiger partial charge is 0.497 e. The molecule has 0 aliphatic carbocycles. The predicted octanol–water partition coefficient (Wildman–Crippen LogP) is 4.28. The lowest BCUT2D eigenvalue weighted by Crippen LogP contribution is -2.37. The maximum atomic E-state index is 13.9. The van der Waals surface area contributed by atoms with E-state index in [1.165, 1.54) is 80.9 Å². The van der Waals surface area contributed by atoms with E-state index in [9.17, 15) is 36.6 Å². The van der Waals surface area contributed by atoms with Crippen LogP contribution in [0.1, 0.15) is 12.0 Å². The molecule has 0 fully saturated rings. The van der Waals surface area contributed by atoms with Gasteiger partial charge in [-0.2, -0.15) is 0 Å².